The Kier molecular flexibility index (Phi) is 4.25. The first-order valence-electron chi connectivity index (χ1n) is 6.04. The van der Waals surface area contributed by atoms with Crippen LogP contribution in [0.3, 0.4) is 0 Å². The fourth-order valence-electron chi connectivity index (χ4n) is 1.48. The molecule has 1 N–H and O–H groups in total. The van der Waals surface area contributed by atoms with Gasteiger partial charge in [0.2, 0.25) is 5.88 Å². The maximum absolute atomic E-state index is 5.60. The molecule has 0 spiro atoms. The standard InChI is InChI=1S/C14H17N3O/c1-3-15-8-12-5-7-14(17-9-12)18-13-6-4-11(2)16-10-13/h4-7,9-10,15H,3,8H2,1-2H3. The fraction of sp³-hybridized carbons (Fsp3) is 0.286. The largest absolute Gasteiger partial charge is 0.437 e. The number of hydrogen-bond donors (Lipinski definition) is 1. The number of ether oxygens (including phenoxy) is 1. The van der Waals surface area contributed by atoms with E-state index in [0.717, 1.165) is 24.3 Å². The van der Waals surface area contributed by atoms with E-state index in [1.54, 1.807) is 6.20 Å². The highest BCUT2D eigenvalue weighted by molar-refractivity contribution is 5.26. The van der Waals surface area contributed by atoms with Crippen LogP contribution in [0.25, 0.3) is 0 Å². The topological polar surface area (TPSA) is 47.0 Å². The number of nitrogens with one attached hydrogen (secondary N) is 1. The number of hydrogen-bond acceptors (Lipinski definition) is 4. The van der Waals surface area contributed by atoms with Crippen molar-refractivity contribution < 1.29 is 4.74 Å². The summed E-state index contributed by atoms with van der Waals surface area (Å²) in [5, 5.41) is 3.25. The Morgan fingerprint density at radius 1 is 1.11 bits per heavy atom. The maximum Gasteiger partial charge on any atom is 0.219 e. The highest BCUT2D eigenvalue weighted by Crippen LogP contribution is 2.18. The van der Waals surface area contributed by atoms with Crippen molar-refractivity contribution in [3.05, 3.63) is 47.9 Å². The van der Waals surface area contributed by atoms with Gasteiger partial charge in [-0.2, -0.15) is 0 Å². The summed E-state index contributed by atoms with van der Waals surface area (Å²) in [7, 11) is 0. The Hall–Kier alpha value is -1.94. The van der Waals surface area contributed by atoms with Crippen LogP contribution in [0.15, 0.2) is 36.7 Å². The van der Waals surface area contributed by atoms with Gasteiger partial charge in [-0.1, -0.05) is 13.0 Å². The molecule has 0 bridgehead atoms. The Labute approximate surface area is 107 Å². The molecule has 0 aliphatic rings. The van der Waals surface area contributed by atoms with E-state index in [1.807, 2.05) is 37.4 Å². The molecule has 0 saturated carbocycles. The van der Waals surface area contributed by atoms with Crippen molar-refractivity contribution in [2.75, 3.05) is 6.54 Å². The quantitative estimate of drug-likeness (QED) is 0.877. The lowest BCUT2D eigenvalue weighted by Gasteiger charge is -2.06. The van der Waals surface area contributed by atoms with Gasteiger partial charge in [-0.15, -0.1) is 0 Å². The summed E-state index contributed by atoms with van der Waals surface area (Å²) in [6.45, 7) is 5.80. The van der Waals surface area contributed by atoms with Crippen LogP contribution in [0.5, 0.6) is 11.6 Å². The Balaban J connectivity index is 1.99. The Bertz CT molecular complexity index is 479. The summed E-state index contributed by atoms with van der Waals surface area (Å²) in [6, 6.07) is 7.67. The van der Waals surface area contributed by atoms with Crippen molar-refractivity contribution in [3.8, 4) is 11.6 Å². The van der Waals surface area contributed by atoms with Gasteiger partial charge in [0.05, 0.1) is 6.20 Å². The molecule has 0 radical (unpaired) electrons. The fourth-order valence-corrected chi connectivity index (χ4v) is 1.48. The number of rotatable bonds is 5. The predicted molar refractivity (Wildman–Crippen MR) is 70.7 cm³/mol. The first-order valence-corrected chi connectivity index (χ1v) is 6.04. The molecule has 0 atom stereocenters. The lowest BCUT2D eigenvalue weighted by atomic mass is 10.3. The second-order valence-electron chi connectivity index (χ2n) is 4.02. The van der Waals surface area contributed by atoms with Crippen LogP contribution in [0.2, 0.25) is 0 Å². The normalized spacial score (nSPS) is 10.3. The SMILES string of the molecule is CCNCc1ccc(Oc2ccc(C)nc2)nc1. The van der Waals surface area contributed by atoms with Crippen molar-refractivity contribution in [3.63, 3.8) is 0 Å². The third kappa shape index (κ3) is 3.53. The lowest BCUT2D eigenvalue weighted by molar-refractivity contribution is 0.460. The number of nitrogens with zero attached hydrogens (tertiary/aromatic N) is 2. The molecule has 0 fully saturated rings. The molecule has 4 nitrogen and oxygen atoms in total. The van der Waals surface area contributed by atoms with Crippen LogP contribution in [-0.4, -0.2) is 16.5 Å². The molecule has 0 saturated heterocycles. The molecule has 2 heterocycles. The lowest BCUT2D eigenvalue weighted by Crippen LogP contribution is -2.11. The molecule has 0 aliphatic heterocycles. The van der Waals surface area contributed by atoms with Gasteiger partial charge >= 0.3 is 0 Å². The van der Waals surface area contributed by atoms with Crippen LogP contribution in [-0.2, 0) is 6.54 Å². The van der Waals surface area contributed by atoms with Gasteiger partial charge < -0.3 is 10.1 Å². The molecule has 0 aliphatic carbocycles. The van der Waals surface area contributed by atoms with Crippen molar-refractivity contribution in [1.82, 2.24) is 15.3 Å². The molecular formula is C14H17N3O. The highest BCUT2D eigenvalue weighted by atomic mass is 16.5. The predicted octanol–water partition coefficient (Wildman–Crippen LogP) is 2.69. The summed E-state index contributed by atoms with van der Waals surface area (Å²) in [5.74, 6) is 1.29. The number of aromatic nitrogens is 2. The van der Waals surface area contributed by atoms with Gasteiger partial charge in [0.1, 0.15) is 5.75 Å². The summed E-state index contributed by atoms with van der Waals surface area (Å²) in [5.41, 5.74) is 2.11. The highest BCUT2D eigenvalue weighted by Gasteiger charge is 1.99. The van der Waals surface area contributed by atoms with Crippen molar-refractivity contribution in [2.45, 2.75) is 20.4 Å². The van der Waals surface area contributed by atoms with Crippen LogP contribution in [0, 0.1) is 6.92 Å². The van der Waals surface area contributed by atoms with Crippen LogP contribution >= 0.6 is 0 Å². The zero-order valence-electron chi connectivity index (χ0n) is 10.7. The van der Waals surface area contributed by atoms with Crippen molar-refractivity contribution >= 4 is 0 Å². The molecule has 18 heavy (non-hydrogen) atoms. The van der Waals surface area contributed by atoms with E-state index in [2.05, 4.69) is 22.2 Å². The van der Waals surface area contributed by atoms with Gasteiger partial charge in [0.15, 0.2) is 0 Å². The maximum atomic E-state index is 5.60. The molecule has 0 unspecified atom stereocenters. The monoisotopic (exact) mass is 243 g/mol. The number of pyridine rings is 2. The zero-order chi connectivity index (χ0) is 12.8. The van der Waals surface area contributed by atoms with Crippen LogP contribution in [0.4, 0.5) is 0 Å². The molecule has 0 amide bonds. The van der Waals surface area contributed by atoms with E-state index < -0.39 is 0 Å². The third-order valence-electron chi connectivity index (χ3n) is 2.48. The van der Waals surface area contributed by atoms with Gasteiger partial charge in [-0.3, -0.25) is 4.98 Å². The third-order valence-corrected chi connectivity index (χ3v) is 2.48. The summed E-state index contributed by atoms with van der Waals surface area (Å²) >= 11 is 0. The molecule has 0 aromatic carbocycles. The molecular weight excluding hydrogens is 226 g/mol. The van der Waals surface area contributed by atoms with E-state index in [1.165, 1.54) is 0 Å². The first-order chi connectivity index (χ1) is 8.78. The van der Waals surface area contributed by atoms with E-state index in [0.29, 0.717) is 11.6 Å². The molecule has 4 heteroatoms. The van der Waals surface area contributed by atoms with Gasteiger partial charge in [0, 0.05) is 24.5 Å². The molecule has 2 rings (SSSR count). The second kappa shape index (κ2) is 6.12. The van der Waals surface area contributed by atoms with E-state index in [-0.39, 0.29) is 0 Å². The molecule has 94 valence electrons. The van der Waals surface area contributed by atoms with E-state index in [4.69, 9.17) is 4.74 Å². The average molecular weight is 243 g/mol. The Morgan fingerprint density at radius 2 is 2.00 bits per heavy atom. The summed E-state index contributed by atoms with van der Waals surface area (Å²) < 4.78 is 5.60. The van der Waals surface area contributed by atoms with Gasteiger partial charge in [-0.25, -0.2) is 4.98 Å². The van der Waals surface area contributed by atoms with Crippen LogP contribution in [0.1, 0.15) is 18.2 Å². The zero-order valence-corrected chi connectivity index (χ0v) is 10.7. The minimum Gasteiger partial charge on any atom is -0.437 e. The van der Waals surface area contributed by atoms with Crippen molar-refractivity contribution in [2.24, 2.45) is 0 Å². The Morgan fingerprint density at radius 3 is 2.61 bits per heavy atom. The second-order valence-corrected chi connectivity index (χ2v) is 4.02. The minimum absolute atomic E-state index is 0.584. The van der Waals surface area contributed by atoms with Gasteiger partial charge in [-0.05, 0) is 31.2 Å². The minimum atomic E-state index is 0.584. The summed E-state index contributed by atoms with van der Waals surface area (Å²) in [4.78, 5) is 8.43. The summed E-state index contributed by atoms with van der Waals surface area (Å²) in [6.07, 6.45) is 3.52. The van der Waals surface area contributed by atoms with E-state index in [9.17, 15) is 0 Å². The first kappa shape index (κ1) is 12.5. The molecule has 2 aromatic heterocycles. The number of aryl methyl sites for hydroxylation is 1. The molecule has 2 aromatic rings. The average Bonchev–Trinajstić information content (AvgIpc) is 2.41. The van der Waals surface area contributed by atoms with Gasteiger partial charge in [0.25, 0.3) is 0 Å². The smallest absolute Gasteiger partial charge is 0.219 e. The van der Waals surface area contributed by atoms with E-state index >= 15 is 0 Å². The van der Waals surface area contributed by atoms with Crippen molar-refractivity contribution in [1.29, 1.82) is 0 Å². The van der Waals surface area contributed by atoms with Crippen LogP contribution < -0.4 is 10.1 Å².